The largest absolute Gasteiger partial charge is 0.469 e. The zero-order chi connectivity index (χ0) is 19.5. The number of hydrogen-bond donors (Lipinski definition) is 0. The van der Waals surface area contributed by atoms with Crippen molar-refractivity contribution in [3.05, 3.63) is 0 Å². The summed E-state index contributed by atoms with van der Waals surface area (Å²) in [5.41, 5.74) is -0.273. The molecule has 0 N–H and O–H groups in total. The quantitative estimate of drug-likeness (QED) is 0.169. The van der Waals surface area contributed by atoms with Gasteiger partial charge in [-0.1, -0.05) is 117 Å². The molecule has 0 aliphatic heterocycles. The van der Waals surface area contributed by atoms with Gasteiger partial charge < -0.3 is 4.74 Å². The molecule has 0 fully saturated rings. The highest BCUT2D eigenvalue weighted by atomic mass is 16.5. The molecule has 0 aromatic rings. The van der Waals surface area contributed by atoms with Crippen molar-refractivity contribution >= 4 is 5.97 Å². The van der Waals surface area contributed by atoms with Crippen LogP contribution in [0.1, 0.15) is 136 Å². The molecule has 1 atom stereocenters. The van der Waals surface area contributed by atoms with Gasteiger partial charge in [-0.25, -0.2) is 0 Å². The Morgan fingerprint density at radius 2 is 1.00 bits per heavy atom. The number of rotatable bonds is 19. The van der Waals surface area contributed by atoms with E-state index in [0.29, 0.717) is 0 Å². The lowest BCUT2D eigenvalue weighted by Gasteiger charge is -2.24. The van der Waals surface area contributed by atoms with Crippen molar-refractivity contribution in [1.29, 1.82) is 0 Å². The molecule has 0 aromatic carbocycles. The second-order valence-corrected chi connectivity index (χ2v) is 8.46. The number of carbonyl (C=O) groups excluding carboxylic acids is 1. The number of methoxy groups -OCH3 is 1. The molecule has 0 heterocycles. The predicted octanol–water partition coefficient (Wildman–Crippen LogP) is 8.23. The maximum Gasteiger partial charge on any atom is 0.311 e. The van der Waals surface area contributed by atoms with Crippen LogP contribution in [0, 0.1) is 5.41 Å². The van der Waals surface area contributed by atoms with E-state index in [1.54, 1.807) is 0 Å². The van der Waals surface area contributed by atoms with Crippen LogP contribution in [-0.4, -0.2) is 13.1 Å². The molecular formula is C24H48O2. The number of hydrogen-bond acceptors (Lipinski definition) is 2. The van der Waals surface area contributed by atoms with E-state index in [-0.39, 0.29) is 11.4 Å². The van der Waals surface area contributed by atoms with Crippen molar-refractivity contribution in [3.63, 3.8) is 0 Å². The molecule has 2 nitrogen and oxygen atoms in total. The third-order valence-corrected chi connectivity index (χ3v) is 6.04. The highest BCUT2D eigenvalue weighted by Crippen LogP contribution is 2.30. The average Bonchev–Trinajstić information content (AvgIpc) is 2.66. The van der Waals surface area contributed by atoms with Crippen LogP contribution in [-0.2, 0) is 9.53 Å². The molecule has 0 spiro atoms. The number of unbranched alkanes of at least 4 members (excludes halogenated alkanes) is 15. The highest BCUT2D eigenvalue weighted by molar-refractivity contribution is 5.76. The maximum absolute atomic E-state index is 11.8. The van der Waals surface area contributed by atoms with Crippen LogP contribution < -0.4 is 0 Å². The fraction of sp³-hybridized carbons (Fsp3) is 0.958. The Morgan fingerprint density at radius 3 is 1.31 bits per heavy atom. The summed E-state index contributed by atoms with van der Waals surface area (Å²) in [7, 11) is 1.50. The molecule has 0 rings (SSSR count). The fourth-order valence-electron chi connectivity index (χ4n) is 3.73. The van der Waals surface area contributed by atoms with Gasteiger partial charge in [-0.2, -0.15) is 0 Å². The van der Waals surface area contributed by atoms with Gasteiger partial charge in [0, 0.05) is 0 Å². The van der Waals surface area contributed by atoms with Gasteiger partial charge in [0.15, 0.2) is 0 Å². The minimum absolute atomic E-state index is 0.0408. The molecule has 0 aliphatic rings. The van der Waals surface area contributed by atoms with Gasteiger partial charge in [-0.05, 0) is 19.8 Å². The van der Waals surface area contributed by atoms with Gasteiger partial charge >= 0.3 is 5.97 Å². The lowest BCUT2D eigenvalue weighted by atomic mass is 9.82. The smallest absolute Gasteiger partial charge is 0.311 e. The van der Waals surface area contributed by atoms with Crippen molar-refractivity contribution in [1.82, 2.24) is 0 Å². The predicted molar refractivity (Wildman–Crippen MR) is 115 cm³/mol. The van der Waals surface area contributed by atoms with E-state index in [1.807, 2.05) is 6.92 Å². The third-order valence-electron chi connectivity index (χ3n) is 6.04. The minimum atomic E-state index is -0.273. The molecule has 0 radical (unpaired) electrons. The Balaban J connectivity index is 3.30. The second kappa shape index (κ2) is 17.9. The number of ether oxygens (including phenoxy) is 1. The van der Waals surface area contributed by atoms with Crippen molar-refractivity contribution < 1.29 is 9.53 Å². The van der Waals surface area contributed by atoms with Crippen LogP contribution in [0.3, 0.4) is 0 Å². The Bertz CT molecular complexity index is 313. The zero-order valence-corrected chi connectivity index (χ0v) is 18.5. The van der Waals surface area contributed by atoms with E-state index >= 15 is 0 Å². The Morgan fingerprint density at radius 1 is 0.654 bits per heavy atom. The van der Waals surface area contributed by atoms with Crippen molar-refractivity contribution in [2.24, 2.45) is 5.41 Å². The first-order valence-electron chi connectivity index (χ1n) is 11.7. The van der Waals surface area contributed by atoms with Crippen molar-refractivity contribution in [3.8, 4) is 0 Å². The van der Waals surface area contributed by atoms with Crippen LogP contribution >= 0.6 is 0 Å². The summed E-state index contributed by atoms with van der Waals surface area (Å²) in [6, 6.07) is 0. The normalized spacial score (nSPS) is 13.5. The number of esters is 1. The Kier molecular flexibility index (Phi) is 17.5. The number of carbonyl (C=O) groups is 1. The molecule has 0 aliphatic carbocycles. The molecule has 0 aromatic heterocycles. The first-order chi connectivity index (χ1) is 12.6. The highest BCUT2D eigenvalue weighted by Gasteiger charge is 2.31. The molecule has 26 heavy (non-hydrogen) atoms. The van der Waals surface area contributed by atoms with Gasteiger partial charge in [-0.15, -0.1) is 0 Å². The van der Waals surface area contributed by atoms with E-state index in [0.717, 1.165) is 19.3 Å². The van der Waals surface area contributed by atoms with Crippen LogP contribution in [0.5, 0.6) is 0 Å². The summed E-state index contributed by atoms with van der Waals surface area (Å²) in [6.07, 6.45) is 24.0. The summed E-state index contributed by atoms with van der Waals surface area (Å²) < 4.78 is 4.95. The van der Waals surface area contributed by atoms with E-state index in [4.69, 9.17) is 4.74 Å². The molecule has 156 valence electrons. The van der Waals surface area contributed by atoms with E-state index in [9.17, 15) is 4.79 Å². The molecule has 2 heteroatoms. The summed E-state index contributed by atoms with van der Waals surface area (Å²) in [6.45, 7) is 6.42. The van der Waals surface area contributed by atoms with Crippen LogP contribution in [0.15, 0.2) is 0 Å². The first kappa shape index (κ1) is 25.5. The first-order valence-corrected chi connectivity index (χ1v) is 11.7. The van der Waals surface area contributed by atoms with Crippen LogP contribution in [0.4, 0.5) is 0 Å². The lowest BCUT2D eigenvalue weighted by molar-refractivity contribution is -0.152. The van der Waals surface area contributed by atoms with E-state index < -0.39 is 0 Å². The monoisotopic (exact) mass is 368 g/mol. The van der Waals surface area contributed by atoms with Crippen LogP contribution in [0.25, 0.3) is 0 Å². The minimum Gasteiger partial charge on any atom is -0.469 e. The summed E-state index contributed by atoms with van der Waals surface area (Å²) >= 11 is 0. The van der Waals surface area contributed by atoms with Gasteiger partial charge in [0.2, 0.25) is 0 Å². The third kappa shape index (κ3) is 13.6. The molecule has 0 bridgehead atoms. The van der Waals surface area contributed by atoms with Gasteiger partial charge in [-0.3, -0.25) is 4.79 Å². The summed E-state index contributed by atoms with van der Waals surface area (Å²) in [5, 5.41) is 0. The average molecular weight is 369 g/mol. The molecule has 0 unspecified atom stereocenters. The molecule has 0 amide bonds. The SMILES string of the molecule is CCCCCCCCCCCCCCCCCC[C@@](C)(CC)C(=O)OC. The summed E-state index contributed by atoms with van der Waals surface area (Å²) in [5.74, 6) is -0.0408. The Labute approximate surface area is 164 Å². The molecular weight excluding hydrogens is 320 g/mol. The van der Waals surface area contributed by atoms with Crippen LogP contribution in [0.2, 0.25) is 0 Å². The van der Waals surface area contributed by atoms with E-state index in [2.05, 4.69) is 13.8 Å². The summed E-state index contributed by atoms with van der Waals surface area (Å²) in [4.78, 5) is 11.8. The second-order valence-electron chi connectivity index (χ2n) is 8.46. The van der Waals surface area contributed by atoms with Gasteiger partial charge in [0.25, 0.3) is 0 Å². The zero-order valence-electron chi connectivity index (χ0n) is 18.5. The fourth-order valence-corrected chi connectivity index (χ4v) is 3.73. The van der Waals surface area contributed by atoms with Gasteiger partial charge in [0.05, 0.1) is 12.5 Å². The topological polar surface area (TPSA) is 26.3 Å². The maximum atomic E-state index is 11.8. The van der Waals surface area contributed by atoms with Crippen molar-refractivity contribution in [2.45, 2.75) is 136 Å². The molecule has 0 saturated heterocycles. The lowest BCUT2D eigenvalue weighted by Crippen LogP contribution is -2.28. The van der Waals surface area contributed by atoms with Crippen molar-refractivity contribution in [2.75, 3.05) is 7.11 Å². The van der Waals surface area contributed by atoms with Gasteiger partial charge in [0.1, 0.15) is 0 Å². The van der Waals surface area contributed by atoms with E-state index in [1.165, 1.54) is 103 Å². The molecule has 0 saturated carbocycles. The standard InChI is InChI=1S/C24H48O2/c1-5-7-8-9-10-11-12-13-14-15-16-17-18-19-20-21-22-24(3,6-2)23(25)26-4/h5-22H2,1-4H3/t24-/m1/s1. The Hall–Kier alpha value is -0.530.